The van der Waals surface area contributed by atoms with Gasteiger partial charge in [0, 0.05) is 5.92 Å². The minimum atomic E-state index is -0.940. The van der Waals surface area contributed by atoms with Crippen LogP contribution in [0.25, 0.3) is 0 Å². The van der Waals surface area contributed by atoms with Gasteiger partial charge in [0.05, 0.1) is 0 Å². The van der Waals surface area contributed by atoms with E-state index in [1.165, 1.54) is 31.2 Å². The van der Waals surface area contributed by atoms with Gasteiger partial charge >= 0.3 is 12.1 Å². The summed E-state index contributed by atoms with van der Waals surface area (Å²) in [6, 6.07) is 10.7. The van der Waals surface area contributed by atoms with Gasteiger partial charge in [0.1, 0.15) is 29.4 Å². The summed E-state index contributed by atoms with van der Waals surface area (Å²) in [5.41, 5.74) is 0.712. The van der Waals surface area contributed by atoms with E-state index in [4.69, 9.17) is 9.47 Å². The predicted octanol–water partition coefficient (Wildman–Crippen LogP) is 4.94. The highest BCUT2D eigenvalue weighted by molar-refractivity contribution is 5.81. The van der Waals surface area contributed by atoms with Gasteiger partial charge in [-0.3, -0.25) is 0 Å². The fraction of sp³-hybridized carbons (Fsp3) is 0.391. The maximum atomic E-state index is 13.4. The number of rotatable bonds is 6. The standard InChI is InChI=1S/C23H27F2NO4/c1-14(26-22(28)30-23(3,4)5)21(27)29-15(2)20(16-6-10-18(24)11-7-16)17-8-12-19(25)13-9-17/h6-15,20H,1-5H3,(H,26,28)/t14?,15-/m0/s1. The Kier molecular flexibility index (Phi) is 7.54. The van der Waals surface area contributed by atoms with E-state index in [9.17, 15) is 18.4 Å². The van der Waals surface area contributed by atoms with Crippen LogP contribution >= 0.6 is 0 Å². The van der Waals surface area contributed by atoms with Crippen LogP contribution in [0.3, 0.4) is 0 Å². The van der Waals surface area contributed by atoms with Gasteiger partial charge in [0.2, 0.25) is 0 Å². The van der Waals surface area contributed by atoms with Crippen molar-refractivity contribution in [1.29, 1.82) is 0 Å². The molecule has 0 aliphatic heterocycles. The van der Waals surface area contributed by atoms with Crippen molar-refractivity contribution in [3.8, 4) is 0 Å². The lowest BCUT2D eigenvalue weighted by Crippen LogP contribution is -2.43. The summed E-state index contributed by atoms with van der Waals surface area (Å²) in [6.07, 6.45) is -1.40. The fourth-order valence-electron chi connectivity index (χ4n) is 2.97. The number of esters is 1. The van der Waals surface area contributed by atoms with E-state index in [0.29, 0.717) is 11.1 Å². The van der Waals surface area contributed by atoms with E-state index in [2.05, 4.69) is 5.32 Å². The molecule has 0 bridgehead atoms. The Hall–Kier alpha value is -2.96. The number of nitrogens with one attached hydrogen (secondary N) is 1. The van der Waals surface area contributed by atoms with E-state index in [1.807, 2.05) is 0 Å². The molecule has 5 nitrogen and oxygen atoms in total. The molecule has 0 aromatic heterocycles. The van der Waals surface area contributed by atoms with Crippen LogP contribution in [0, 0.1) is 11.6 Å². The Morgan fingerprint density at radius 3 is 1.70 bits per heavy atom. The van der Waals surface area contributed by atoms with Crippen LogP contribution in [0.1, 0.15) is 51.7 Å². The van der Waals surface area contributed by atoms with Crippen molar-refractivity contribution in [3.63, 3.8) is 0 Å². The molecule has 2 aromatic rings. The number of hydrogen-bond donors (Lipinski definition) is 1. The van der Waals surface area contributed by atoms with Crippen LogP contribution < -0.4 is 5.32 Å². The molecule has 1 unspecified atom stereocenters. The first-order chi connectivity index (χ1) is 14.0. The van der Waals surface area contributed by atoms with Gasteiger partial charge in [-0.25, -0.2) is 18.4 Å². The van der Waals surface area contributed by atoms with Gasteiger partial charge in [-0.1, -0.05) is 24.3 Å². The van der Waals surface area contributed by atoms with Crippen molar-refractivity contribution >= 4 is 12.1 Å². The molecule has 30 heavy (non-hydrogen) atoms. The molecule has 0 saturated heterocycles. The van der Waals surface area contributed by atoms with Crippen molar-refractivity contribution in [3.05, 3.63) is 71.3 Å². The number of hydrogen-bond acceptors (Lipinski definition) is 4. The Morgan fingerprint density at radius 1 is 0.867 bits per heavy atom. The number of carbonyl (C=O) groups excluding carboxylic acids is 2. The summed E-state index contributed by atoms with van der Waals surface area (Å²) in [5, 5.41) is 2.44. The third kappa shape index (κ3) is 6.83. The maximum absolute atomic E-state index is 13.4. The topological polar surface area (TPSA) is 64.6 Å². The van der Waals surface area contributed by atoms with Gasteiger partial charge in [0.15, 0.2) is 0 Å². The predicted molar refractivity (Wildman–Crippen MR) is 109 cm³/mol. The van der Waals surface area contributed by atoms with Gasteiger partial charge < -0.3 is 14.8 Å². The quantitative estimate of drug-likeness (QED) is 0.674. The summed E-state index contributed by atoms with van der Waals surface area (Å²) >= 11 is 0. The Morgan fingerprint density at radius 2 is 1.30 bits per heavy atom. The molecule has 2 atom stereocenters. The minimum Gasteiger partial charge on any atom is -0.460 e. The maximum Gasteiger partial charge on any atom is 0.408 e. The monoisotopic (exact) mass is 419 g/mol. The SMILES string of the molecule is CC(NC(=O)OC(C)(C)C)C(=O)O[C@@H](C)C(c1ccc(F)cc1)c1ccc(F)cc1. The van der Waals surface area contributed by atoms with Crippen LogP contribution in [0.2, 0.25) is 0 Å². The molecule has 2 aromatic carbocycles. The summed E-state index contributed by atoms with van der Waals surface area (Å²) < 4.78 is 37.5. The fourth-order valence-corrected chi connectivity index (χ4v) is 2.97. The lowest BCUT2D eigenvalue weighted by atomic mass is 9.87. The smallest absolute Gasteiger partial charge is 0.408 e. The molecule has 0 aliphatic carbocycles. The van der Waals surface area contributed by atoms with Crippen molar-refractivity contribution in [2.24, 2.45) is 0 Å². The molecule has 1 N–H and O–H groups in total. The Balaban J connectivity index is 2.16. The lowest BCUT2D eigenvalue weighted by Gasteiger charge is -2.27. The number of benzene rings is 2. The van der Waals surface area contributed by atoms with Crippen molar-refractivity contribution in [1.82, 2.24) is 5.32 Å². The number of carbonyl (C=O) groups is 2. The average Bonchev–Trinajstić information content (AvgIpc) is 2.63. The average molecular weight is 419 g/mol. The molecule has 0 aliphatic rings. The number of ether oxygens (including phenoxy) is 2. The first kappa shape index (κ1) is 23.3. The largest absolute Gasteiger partial charge is 0.460 e. The van der Waals surface area contributed by atoms with Crippen LogP contribution in [0.5, 0.6) is 0 Å². The first-order valence-electron chi connectivity index (χ1n) is 9.67. The van der Waals surface area contributed by atoms with E-state index in [0.717, 1.165) is 0 Å². The van der Waals surface area contributed by atoms with Gasteiger partial charge in [-0.2, -0.15) is 0 Å². The van der Waals surface area contributed by atoms with Crippen molar-refractivity contribution < 1.29 is 27.8 Å². The van der Waals surface area contributed by atoms with Crippen molar-refractivity contribution in [2.45, 2.75) is 58.3 Å². The molecule has 7 heteroatoms. The third-order valence-electron chi connectivity index (χ3n) is 4.32. The summed E-state index contributed by atoms with van der Waals surface area (Å²) in [4.78, 5) is 24.4. The highest BCUT2D eigenvalue weighted by Gasteiger charge is 2.28. The van der Waals surface area contributed by atoms with Gasteiger partial charge in [-0.05, 0) is 70.0 Å². The first-order valence-corrected chi connectivity index (χ1v) is 9.67. The number of alkyl carbamates (subject to hydrolysis) is 1. The molecular weight excluding hydrogens is 392 g/mol. The van der Waals surface area contributed by atoms with Crippen LogP contribution in [0.4, 0.5) is 13.6 Å². The molecular formula is C23H27F2NO4. The second-order valence-electron chi connectivity index (χ2n) is 8.09. The molecule has 1 amide bonds. The van der Waals surface area contributed by atoms with Gasteiger partial charge in [-0.15, -0.1) is 0 Å². The number of amides is 1. The molecule has 0 spiro atoms. The van der Waals surface area contributed by atoms with Crippen LogP contribution in [-0.4, -0.2) is 29.8 Å². The molecule has 0 heterocycles. The van der Waals surface area contributed by atoms with Gasteiger partial charge in [0.25, 0.3) is 0 Å². The molecule has 0 saturated carbocycles. The van der Waals surface area contributed by atoms with Crippen LogP contribution in [-0.2, 0) is 14.3 Å². The Bertz CT molecular complexity index is 815. The molecule has 2 rings (SSSR count). The molecule has 162 valence electrons. The number of halogens is 2. The summed E-state index contributed by atoms with van der Waals surface area (Å²) in [6.45, 7) is 8.33. The highest BCUT2D eigenvalue weighted by atomic mass is 19.1. The summed E-state index contributed by atoms with van der Waals surface area (Å²) in [5.74, 6) is -1.89. The van der Waals surface area contributed by atoms with E-state index in [-0.39, 0.29) is 0 Å². The van der Waals surface area contributed by atoms with Crippen molar-refractivity contribution in [2.75, 3.05) is 0 Å². The van der Waals surface area contributed by atoms with E-state index >= 15 is 0 Å². The normalized spacial score (nSPS) is 13.5. The Labute approximate surface area is 175 Å². The third-order valence-corrected chi connectivity index (χ3v) is 4.32. The zero-order valence-corrected chi connectivity index (χ0v) is 17.7. The summed E-state index contributed by atoms with van der Waals surface area (Å²) in [7, 11) is 0. The zero-order valence-electron chi connectivity index (χ0n) is 17.7. The van der Waals surface area contributed by atoms with Crippen LogP contribution in [0.15, 0.2) is 48.5 Å². The highest BCUT2D eigenvalue weighted by Crippen LogP contribution is 2.30. The minimum absolute atomic E-state index is 0.392. The second-order valence-corrected chi connectivity index (χ2v) is 8.09. The second kappa shape index (κ2) is 9.69. The molecule has 0 radical (unpaired) electrons. The van der Waals surface area contributed by atoms with E-state index < -0.39 is 47.4 Å². The van der Waals surface area contributed by atoms with E-state index in [1.54, 1.807) is 52.0 Å². The zero-order chi connectivity index (χ0) is 22.5. The lowest BCUT2D eigenvalue weighted by molar-refractivity contribution is -0.150. The molecule has 0 fully saturated rings.